The third-order valence-electron chi connectivity index (χ3n) is 2.75. The van der Waals surface area contributed by atoms with Crippen molar-refractivity contribution < 1.29 is 19.8 Å². The fourth-order valence-corrected chi connectivity index (χ4v) is 1.82. The third-order valence-corrected chi connectivity index (χ3v) is 2.75. The van der Waals surface area contributed by atoms with Crippen molar-refractivity contribution in [3.8, 4) is 0 Å². The molecule has 6 nitrogen and oxygen atoms in total. The van der Waals surface area contributed by atoms with Crippen LogP contribution in [0.4, 0.5) is 0 Å². The molecule has 0 saturated carbocycles. The Morgan fingerprint density at radius 1 is 0.950 bits per heavy atom. The molecule has 0 amide bonds. The van der Waals surface area contributed by atoms with Gasteiger partial charge in [0.2, 0.25) is 5.43 Å². The van der Waals surface area contributed by atoms with Crippen molar-refractivity contribution in [2.45, 2.75) is 6.54 Å². The summed E-state index contributed by atoms with van der Waals surface area (Å²) in [5, 5.41) is 17.9. The molecule has 0 radical (unpaired) electrons. The minimum Gasteiger partial charge on any atom is -0.477 e. The van der Waals surface area contributed by atoms with Crippen LogP contribution in [0, 0.1) is 0 Å². The zero-order chi connectivity index (χ0) is 14.7. The number of aromatic nitrogens is 1. The Balaban J connectivity index is 2.52. The van der Waals surface area contributed by atoms with Gasteiger partial charge in [-0.05, 0) is 5.56 Å². The summed E-state index contributed by atoms with van der Waals surface area (Å²) in [7, 11) is 0. The van der Waals surface area contributed by atoms with Gasteiger partial charge in [-0.2, -0.15) is 0 Å². The molecule has 0 atom stereocenters. The summed E-state index contributed by atoms with van der Waals surface area (Å²) < 4.78 is 1.38. The Kier molecular flexibility index (Phi) is 3.65. The number of hydrogen-bond donors (Lipinski definition) is 2. The maximum absolute atomic E-state index is 11.7. The van der Waals surface area contributed by atoms with Crippen LogP contribution in [0.25, 0.3) is 0 Å². The van der Waals surface area contributed by atoms with E-state index in [1.165, 1.54) is 4.57 Å². The Morgan fingerprint density at radius 3 is 1.90 bits per heavy atom. The van der Waals surface area contributed by atoms with Crippen molar-refractivity contribution in [2.24, 2.45) is 0 Å². The van der Waals surface area contributed by atoms with Crippen molar-refractivity contribution in [1.82, 2.24) is 4.57 Å². The van der Waals surface area contributed by atoms with Crippen LogP contribution in [0.2, 0.25) is 0 Å². The van der Waals surface area contributed by atoms with Gasteiger partial charge in [0.1, 0.15) is 11.1 Å². The standard InChI is InChI=1S/C14H11NO5/c16-12-10(13(17)18)7-15(8-11(12)14(19)20)6-9-4-2-1-3-5-9/h1-5,7-8H,6H2,(H,17,18)(H,19,20). The lowest BCUT2D eigenvalue weighted by molar-refractivity contribution is 0.0693. The van der Waals surface area contributed by atoms with E-state index in [9.17, 15) is 14.4 Å². The molecule has 2 rings (SSSR count). The van der Waals surface area contributed by atoms with E-state index in [2.05, 4.69) is 0 Å². The van der Waals surface area contributed by atoms with Crippen LogP contribution in [0.15, 0.2) is 47.5 Å². The second-order valence-electron chi connectivity index (χ2n) is 4.18. The molecule has 20 heavy (non-hydrogen) atoms. The summed E-state index contributed by atoms with van der Waals surface area (Å²) in [6.07, 6.45) is 2.29. The second kappa shape index (κ2) is 5.40. The highest BCUT2D eigenvalue weighted by Gasteiger charge is 2.18. The topological polar surface area (TPSA) is 96.6 Å². The predicted molar refractivity (Wildman–Crippen MR) is 70.2 cm³/mol. The van der Waals surface area contributed by atoms with Gasteiger partial charge in [-0.25, -0.2) is 9.59 Å². The first-order valence-corrected chi connectivity index (χ1v) is 5.73. The van der Waals surface area contributed by atoms with E-state index >= 15 is 0 Å². The van der Waals surface area contributed by atoms with E-state index in [4.69, 9.17) is 10.2 Å². The molecule has 0 aliphatic heterocycles. The SMILES string of the molecule is O=C(O)c1cn(Cc2ccccc2)cc(C(=O)O)c1=O. The van der Waals surface area contributed by atoms with Crippen molar-refractivity contribution in [3.63, 3.8) is 0 Å². The van der Waals surface area contributed by atoms with E-state index in [-0.39, 0.29) is 6.54 Å². The molecule has 2 aromatic rings. The molecule has 0 bridgehead atoms. The van der Waals surface area contributed by atoms with Crippen LogP contribution in [0.3, 0.4) is 0 Å². The van der Waals surface area contributed by atoms with Crippen molar-refractivity contribution in [3.05, 3.63) is 69.6 Å². The number of carboxylic acid groups (broad SMARTS) is 2. The number of pyridine rings is 1. The molecular formula is C14H11NO5. The van der Waals surface area contributed by atoms with Crippen LogP contribution in [0.5, 0.6) is 0 Å². The fraction of sp³-hybridized carbons (Fsp3) is 0.0714. The van der Waals surface area contributed by atoms with Crippen LogP contribution in [-0.2, 0) is 6.54 Å². The summed E-state index contributed by atoms with van der Waals surface area (Å²) in [5.41, 5.74) is -1.24. The van der Waals surface area contributed by atoms with Gasteiger partial charge < -0.3 is 14.8 Å². The van der Waals surface area contributed by atoms with Gasteiger partial charge >= 0.3 is 11.9 Å². The number of benzene rings is 1. The van der Waals surface area contributed by atoms with Gasteiger partial charge in [0, 0.05) is 18.9 Å². The van der Waals surface area contributed by atoms with E-state index in [1.807, 2.05) is 30.3 Å². The van der Waals surface area contributed by atoms with E-state index < -0.39 is 28.5 Å². The number of carbonyl (C=O) groups is 2. The minimum atomic E-state index is -1.44. The Bertz CT molecular complexity index is 680. The summed E-state index contributed by atoms with van der Waals surface area (Å²) in [4.78, 5) is 33.7. The summed E-state index contributed by atoms with van der Waals surface area (Å²) >= 11 is 0. The molecule has 0 saturated heterocycles. The Hall–Kier alpha value is -2.89. The van der Waals surface area contributed by atoms with Crippen LogP contribution in [0.1, 0.15) is 26.3 Å². The normalized spacial score (nSPS) is 10.2. The van der Waals surface area contributed by atoms with Gasteiger partial charge in [0.05, 0.1) is 0 Å². The van der Waals surface area contributed by atoms with Crippen LogP contribution < -0.4 is 5.43 Å². The highest BCUT2D eigenvalue weighted by atomic mass is 16.4. The highest BCUT2D eigenvalue weighted by Crippen LogP contribution is 2.05. The van der Waals surface area contributed by atoms with Crippen molar-refractivity contribution in [2.75, 3.05) is 0 Å². The predicted octanol–water partition coefficient (Wildman–Crippen LogP) is 1.29. The minimum absolute atomic E-state index is 0.279. The number of carboxylic acids is 2. The number of nitrogens with zero attached hydrogens (tertiary/aromatic N) is 1. The fourth-order valence-electron chi connectivity index (χ4n) is 1.82. The Labute approximate surface area is 113 Å². The lowest BCUT2D eigenvalue weighted by Gasteiger charge is -2.09. The number of hydrogen-bond acceptors (Lipinski definition) is 3. The van der Waals surface area contributed by atoms with Crippen LogP contribution in [-0.4, -0.2) is 26.7 Å². The molecule has 1 aromatic heterocycles. The summed E-state index contributed by atoms with van der Waals surface area (Å²) in [5.74, 6) is -2.89. The Morgan fingerprint density at radius 2 is 1.45 bits per heavy atom. The summed E-state index contributed by atoms with van der Waals surface area (Å²) in [6.45, 7) is 0.279. The molecule has 0 spiro atoms. The molecule has 1 heterocycles. The molecule has 102 valence electrons. The molecule has 2 N–H and O–H groups in total. The van der Waals surface area contributed by atoms with E-state index in [0.29, 0.717) is 0 Å². The lowest BCUT2D eigenvalue weighted by atomic mass is 10.1. The van der Waals surface area contributed by atoms with Gasteiger partial charge in [0.25, 0.3) is 0 Å². The van der Waals surface area contributed by atoms with E-state index in [0.717, 1.165) is 18.0 Å². The zero-order valence-corrected chi connectivity index (χ0v) is 10.3. The van der Waals surface area contributed by atoms with E-state index in [1.54, 1.807) is 0 Å². The third kappa shape index (κ3) is 2.74. The highest BCUT2D eigenvalue weighted by molar-refractivity contribution is 5.92. The number of aromatic carboxylic acids is 2. The average Bonchev–Trinajstić information content (AvgIpc) is 2.41. The average molecular weight is 273 g/mol. The first-order valence-electron chi connectivity index (χ1n) is 5.73. The van der Waals surface area contributed by atoms with Crippen molar-refractivity contribution >= 4 is 11.9 Å². The monoisotopic (exact) mass is 273 g/mol. The maximum Gasteiger partial charge on any atom is 0.341 e. The molecule has 0 aliphatic rings. The molecule has 0 unspecified atom stereocenters. The van der Waals surface area contributed by atoms with Gasteiger partial charge in [0.15, 0.2) is 0 Å². The van der Waals surface area contributed by atoms with Gasteiger partial charge in [-0.15, -0.1) is 0 Å². The molecule has 1 aromatic carbocycles. The maximum atomic E-state index is 11.7. The first-order chi connectivity index (χ1) is 9.49. The molecule has 0 aliphatic carbocycles. The van der Waals surface area contributed by atoms with Crippen molar-refractivity contribution in [1.29, 1.82) is 0 Å². The van der Waals surface area contributed by atoms with Gasteiger partial charge in [-0.3, -0.25) is 4.79 Å². The molecule has 0 fully saturated rings. The van der Waals surface area contributed by atoms with Gasteiger partial charge in [-0.1, -0.05) is 30.3 Å². The molecule has 6 heteroatoms. The second-order valence-corrected chi connectivity index (χ2v) is 4.18. The quantitative estimate of drug-likeness (QED) is 0.875. The lowest BCUT2D eigenvalue weighted by Crippen LogP contribution is -2.24. The van der Waals surface area contributed by atoms with Crippen LogP contribution >= 0.6 is 0 Å². The summed E-state index contributed by atoms with van der Waals surface area (Å²) in [6, 6.07) is 9.10. The largest absolute Gasteiger partial charge is 0.477 e. The number of rotatable bonds is 4. The molecular weight excluding hydrogens is 262 g/mol. The zero-order valence-electron chi connectivity index (χ0n) is 10.3. The smallest absolute Gasteiger partial charge is 0.341 e. The first kappa shape index (κ1) is 13.5.